The minimum absolute atomic E-state index is 0.181. The third-order valence-electron chi connectivity index (χ3n) is 3.61. The van der Waals surface area contributed by atoms with Crippen LogP contribution in [0, 0.1) is 0 Å². The van der Waals surface area contributed by atoms with E-state index in [1.165, 1.54) is 0 Å². The van der Waals surface area contributed by atoms with Gasteiger partial charge in [-0.3, -0.25) is 0 Å². The normalized spacial score (nSPS) is 19.1. The van der Waals surface area contributed by atoms with E-state index in [1.54, 1.807) is 0 Å². The van der Waals surface area contributed by atoms with Crippen LogP contribution in [0.4, 0.5) is 5.82 Å². The Morgan fingerprint density at radius 1 is 1.40 bits per heavy atom. The molecule has 6 heteroatoms. The molecule has 110 valence electrons. The zero-order chi connectivity index (χ0) is 14.7. The molecule has 0 aliphatic carbocycles. The number of anilines is 1. The van der Waals surface area contributed by atoms with Gasteiger partial charge in [-0.1, -0.05) is 26.1 Å². The van der Waals surface area contributed by atoms with Crippen molar-refractivity contribution < 1.29 is 4.74 Å². The minimum Gasteiger partial charge on any atom is -0.389 e. The van der Waals surface area contributed by atoms with Gasteiger partial charge in [0.1, 0.15) is 4.99 Å². The monoisotopic (exact) mass is 294 g/mol. The van der Waals surface area contributed by atoms with E-state index in [0.717, 1.165) is 48.6 Å². The first-order valence-corrected chi connectivity index (χ1v) is 7.54. The predicted octanol–water partition coefficient (Wildman–Crippen LogP) is 1.46. The van der Waals surface area contributed by atoms with Gasteiger partial charge in [0.05, 0.1) is 24.0 Å². The van der Waals surface area contributed by atoms with Crippen molar-refractivity contribution in [2.24, 2.45) is 5.73 Å². The Kier molecular flexibility index (Phi) is 4.88. The Hall–Kier alpha value is -1.27. The summed E-state index contributed by atoms with van der Waals surface area (Å²) >= 11 is 5.26. The smallest absolute Gasteiger partial charge is 0.162 e. The summed E-state index contributed by atoms with van der Waals surface area (Å²) in [6.45, 7) is 8.51. The number of rotatable bonds is 4. The van der Waals surface area contributed by atoms with Crippen LogP contribution in [0.25, 0.3) is 0 Å². The van der Waals surface area contributed by atoms with Crippen LogP contribution in [0.5, 0.6) is 0 Å². The summed E-state index contributed by atoms with van der Waals surface area (Å²) in [5.74, 6) is 0.807. The van der Waals surface area contributed by atoms with Gasteiger partial charge in [0.2, 0.25) is 0 Å². The summed E-state index contributed by atoms with van der Waals surface area (Å²) in [5, 5.41) is 8.75. The second kappa shape index (κ2) is 6.45. The lowest BCUT2D eigenvalue weighted by Gasteiger charge is -2.33. The zero-order valence-electron chi connectivity index (χ0n) is 12.3. The number of morpholine rings is 1. The molecule has 1 aliphatic rings. The van der Waals surface area contributed by atoms with Crippen LogP contribution in [-0.4, -0.2) is 41.0 Å². The molecule has 2 rings (SSSR count). The Balaban J connectivity index is 2.49. The second-order valence-electron chi connectivity index (χ2n) is 5.02. The molecule has 1 aliphatic heterocycles. The number of hydrogen-bond donors (Lipinski definition) is 1. The molecular formula is C14H22N4OS. The highest BCUT2D eigenvalue weighted by Gasteiger charge is 2.24. The summed E-state index contributed by atoms with van der Waals surface area (Å²) < 4.78 is 5.58. The highest BCUT2D eigenvalue weighted by molar-refractivity contribution is 7.80. The summed E-state index contributed by atoms with van der Waals surface area (Å²) in [6.07, 6.45) is 1.88. The molecule has 5 nitrogen and oxygen atoms in total. The molecule has 2 heterocycles. The van der Waals surface area contributed by atoms with Crippen molar-refractivity contribution in [3.8, 4) is 0 Å². The zero-order valence-corrected chi connectivity index (χ0v) is 13.2. The predicted molar refractivity (Wildman–Crippen MR) is 84.3 cm³/mol. The maximum Gasteiger partial charge on any atom is 0.162 e. The lowest BCUT2D eigenvalue weighted by Crippen LogP contribution is -2.43. The summed E-state index contributed by atoms with van der Waals surface area (Å²) in [7, 11) is 0. The third kappa shape index (κ3) is 2.91. The number of nitrogens with two attached hydrogens (primary N) is 1. The van der Waals surface area contributed by atoms with E-state index in [4.69, 9.17) is 22.7 Å². The average molecular weight is 294 g/mol. The molecule has 0 spiro atoms. The van der Waals surface area contributed by atoms with Crippen LogP contribution in [0.3, 0.4) is 0 Å². The molecular weight excluding hydrogens is 272 g/mol. The molecule has 20 heavy (non-hydrogen) atoms. The fourth-order valence-electron chi connectivity index (χ4n) is 2.65. The number of aryl methyl sites for hydroxylation is 1. The second-order valence-corrected chi connectivity index (χ2v) is 5.46. The number of hydrogen-bond acceptors (Lipinski definition) is 5. The molecule has 1 saturated heterocycles. The van der Waals surface area contributed by atoms with Gasteiger partial charge in [-0.05, 0) is 25.3 Å². The van der Waals surface area contributed by atoms with Crippen molar-refractivity contribution in [3.63, 3.8) is 0 Å². The molecule has 1 unspecified atom stereocenters. The largest absolute Gasteiger partial charge is 0.389 e. The maximum absolute atomic E-state index is 5.96. The van der Waals surface area contributed by atoms with Crippen molar-refractivity contribution in [1.82, 2.24) is 10.2 Å². The first kappa shape index (κ1) is 15.1. The van der Waals surface area contributed by atoms with Crippen molar-refractivity contribution in [1.29, 1.82) is 0 Å². The van der Waals surface area contributed by atoms with Gasteiger partial charge in [-0.2, -0.15) is 5.10 Å². The molecule has 1 aromatic heterocycles. The molecule has 1 aromatic rings. The highest BCUT2D eigenvalue weighted by Crippen LogP contribution is 2.25. The van der Waals surface area contributed by atoms with Crippen LogP contribution in [0.2, 0.25) is 0 Å². The number of aromatic nitrogens is 2. The van der Waals surface area contributed by atoms with Crippen LogP contribution < -0.4 is 10.6 Å². The van der Waals surface area contributed by atoms with Gasteiger partial charge < -0.3 is 15.4 Å². The number of thiocarbonyl (C=S) groups is 1. The lowest BCUT2D eigenvalue weighted by molar-refractivity contribution is 0.0528. The van der Waals surface area contributed by atoms with Crippen molar-refractivity contribution in [2.75, 3.05) is 24.6 Å². The number of nitrogens with zero attached hydrogens (tertiary/aromatic N) is 3. The first-order valence-electron chi connectivity index (χ1n) is 7.13. The van der Waals surface area contributed by atoms with E-state index >= 15 is 0 Å². The van der Waals surface area contributed by atoms with E-state index in [9.17, 15) is 0 Å². The highest BCUT2D eigenvalue weighted by atomic mass is 32.1. The molecule has 0 saturated carbocycles. The van der Waals surface area contributed by atoms with Gasteiger partial charge in [0, 0.05) is 13.1 Å². The molecule has 1 atom stereocenters. The van der Waals surface area contributed by atoms with Crippen LogP contribution in [0.15, 0.2) is 0 Å². The average Bonchev–Trinajstić information content (AvgIpc) is 2.45. The molecule has 0 bridgehead atoms. The minimum atomic E-state index is 0.181. The third-order valence-corrected chi connectivity index (χ3v) is 3.82. The molecule has 2 N–H and O–H groups in total. The first-order chi connectivity index (χ1) is 9.58. The Morgan fingerprint density at radius 2 is 2.15 bits per heavy atom. The molecule has 1 fully saturated rings. The fraction of sp³-hybridized carbons (Fsp3) is 0.643. The van der Waals surface area contributed by atoms with E-state index in [2.05, 4.69) is 35.9 Å². The standard InChI is InChI=1S/C14H22N4OS/c1-4-10-11(5-2)16-17-14(12(10)13(15)20)18-6-7-19-9(3)8-18/h9H,4-8H2,1-3H3,(H2,15,20). The quantitative estimate of drug-likeness (QED) is 0.848. The van der Waals surface area contributed by atoms with Gasteiger partial charge >= 0.3 is 0 Å². The fourth-order valence-corrected chi connectivity index (χ4v) is 2.87. The maximum atomic E-state index is 5.96. The van der Waals surface area contributed by atoms with Gasteiger partial charge in [-0.15, -0.1) is 5.10 Å². The van der Waals surface area contributed by atoms with E-state index < -0.39 is 0 Å². The van der Waals surface area contributed by atoms with Gasteiger partial charge in [-0.25, -0.2) is 0 Å². The van der Waals surface area contributed by atoms with Gasteiger partial charge in [0.15, 0.2) is 5.82 Å². The van der Waals surface area contributed by atoms with Crippen LogP contribution in [0.1, 0.15) is 37.6 Å². The number of ether oxygens (including phenoxy) is 1. The topological polar surface area (TPSA) is 64.3 Å². The Morgan fingerprint density at radius 3 is 2.70 bits per heavy atom. The summed E-state index contributed by atoms with van der Waals surface area (Å²) in [4.78, 5) is 2.58. The Bertz CT molecular complexity index is 506. The van der Waals surface area contributed by atoms with E-state index in [1.807, 2.05) is 0 Å². The van der Waals surface area contributed by atoms with Crippen molar-refractivity contribution >= 4 is 23.0 Å². The summed E-state index contributed by atoms with van der Waals surface area (Å²) in [5.41, 5.74) is 8.97. The van der Waals surface area contributed by atoms with Crippen molar-refractivity contribution in [3.05, 3.63) is 16.8 Å². The lowest BCUT2D eigenvalue weighted by atomic mass is 10.0. The Labute approximate surface area is 125 Å². The van der Waals surface area contributed by atoms with Crippen LogP contribution >= 0.6 is 12.2 Å². The van der Waals surface area contributed by atoms with E-state index in [-0.39, 0.29) is 6.10 Å². The molecule has 0 radical (unpaired) electrons. The van der Waals surface area contributed by atoms with Gasteiger partial charge in [0.25, 0.3) is 0 Å². The summed E-state index contributed by atoms with van der Waals surface area (Å²) in [6, 6.07) is 0. The van der Waals surface area contributed by atoms with Crippen molar-refractivity contribution in [2.45, 2.75) is 39.7 Å². The molecule has 0 aromatic carbocycles. The van der Waals surface area contributed by atoms with E-state index in [0.29, 0.717) is 11.6 Å². The van der Waals surface area contributed by atoms with Crippen LogP contribution in [-0.2, 0) is 17.6 Å². The SMILES string of the molecule is CCc1nnc(N2CCOC(C)C2)c(C(N)=S)c1CC. The molecule has 0 amide bonds.